The van der Waals surface area contributed by atoms with Gasteiger partial charge in [-0.25, -0.2) is 0 Å². The third-order valence-electron chi connectivity index (χ3n) is 4.34. The smallest absolute Gasteiger partial charge is 0.224 e. The molecule has 1 N–H and O–H groups in total. The lowest BCUT2D eigenvalue weighted by atomic mass is 10.1. The number of morpholine rings is 1. The summed E-state index contributed by atoms with van der Waals surface area (Å²) in [5, 5.41) is 11.9. The fourth-order valence-corrected chi connectivity index (χ4v) is 3.11. The lowest BCUT2D eigenvalue weighted by Crippen LogP contribution is -2.45. The highest BCUT2D eigenvalue weighted by molar-refractivity contribution is 5.76. The maximum Gasteiger partial charge on any atom is 0.224 e. The maximum absolute atomic E-state index is 12.5. The molecule has 1 aromatic rings. The van der Waals surface area contributed by atoms with Crippen LogP contribution in [0.1, 0.15) is 37.8 Å². The van der Waals surface area contributed by atoms with Crippen molar-refractivity contribution < 1.29 is 9.53 Å². The van der Waals surface area contributed by atoms with Gasteiger partial charge in [0.2, 0.25) is 5.91 Å². The van der Waals surface area contributed by atoms with Gasteiger partial charge in [0.1, 0.15) is 11.6 Å². The molecule has 3 heterocycles. The number of nitrogens with one attached hydrogen (secondary N) is 1. The Morgan fingerprint density at radius 1 is 1.36 bits per heavy atom. The Morgan fingerprint density at radius 2 is 2.23 bits per heavy atom. The quantitative estimate of drug-likeness (QED) is 0.861. The highest BCUT2D eigenvalue weighted by Crippen LogP contribution is 2.17. The lowest BCUT2D eigenvalue weighted by Gasteiger charge is -2.27. The number of carbonyl (C=O) groups excluding carboxylic acids is 1. The molecule has 3 rings (SSSR count). The standard InChI is InChI=1S/C15H25N5O2/c1-11(2)15-18-17-13-3-5-19(6-7-20(13)15)14(21)9-12-10-22-8-4-16-12/h11-12,16H,3-10H2,1-2H3/t12-/m1/s1. The van der Waals surface area contributed by atoms with Crippen molar-refractivity contribution in [3.8, 4) is 0 Å². The zero-order chi connectivity index (χ0) is 15.5. The molecule has 0 bridgehead atoms. The van der Waals surface area contributed by atoms with Crippen LogP contribution in [0.2, 0.25) is 0 Å². The van der Waals surface area contributed by atoms with Crippen molar-refractivity contribution in [2.75, 3.05) is 32.8 Å². The van der Waals surface area contributed by atoms with Crippen LogP contribution in [0.4, 0.5) is 0 Å². The number of fused-ring (bicyclic) bond motifs is 1. The van der Waals surface area contributed by atoms with E-state index in [1.165, 1.54) is 0 Å². The van der Waals surface area contributed by atoms with Crippen LogP contribution >= 0.6 is 0 Å². The molecule has 1 saturated heterocycles. The van der Waals surface area contributed by atoms with Crippen LogP contribution in [-0.4, -0.2) is 64.5 Å². The Hall–Kier alpha value is -1.47. The van der Waals surface area contributed by atoms with Crippen molar-refractivity contribution in [1.82, 2.24) is 25.0 Å². The Balaban J connectivity index is 1.60. The summed E-state index contributed by atoms with van der Waals surface area (Å²) in [6.07, 6.45) is 1.29. The summed E-state index contributed by atoms with van der Waals surface area (Å²) in [7, 11) is 0. The highest BCUT2D eigenvalue weighted by atomic mass is 16.5. The van der Waals surface area contributed by atoms with E-state index < -0.39 is 0 Å². The molecule has 0 radical (unpaired) electrons. The summed E-state index contributed by atoms with van der Waals surface area (Å²) in [6, 6.07) is 0.148. The minimum Gasteiger partial charge on any atom is -0.378 e. The topological polar surface area (TPSA) is 72.3 Å². The molecule has 0 saturated carbocycles. The van der Waals surface area contributed by atoms with Crippen molar-refractivity contribution in [1.29, 1.82) is 0 Å². The van der Waals surface area contributed by atoms with Gasteiger partial charge in [0.25, 0.3) is 0 Å². The van der Waals surface area contributed by atoms with Crippen LogP contribution in [0.15, 0.2) is 0 Å². The van der Waals surface area contributed by atoms with Gasteiger partial charge >= 0.3 is 0 Å². The number of hydrogen-bond acceptors (Lipinski definition) is 5. The van der Waals surface area contributed by atoms with Gasteiger partial charge in [-0.05, 0) is 0 Å². The second-order valence-electron chi connectivity index (χ2n) is 6.34. The third kappa shape index (κ3) is 3.30. The van der Waals surface area contributed by atoms with Crippen LogP contribution < -0.4 is 5.32 Å². The molecule has 0 aromatic carbocycles. The van der Waals surface area contributed by atoms with Crippen LogP contribution in [0.5, 0.6) is 0 Å². The molecule has 7 nitrogen and oxygen atoms in total. The van der Waals surface area contributed by atoms with Gasteiger partial charge in [0.15, 0.2) is 0 Å². The molecule has 2 aliphatic heterocycles. The monoisotopic (exact) mass is 307 g/mol. The van der Waals surface area contributed by atoms with Crippen LogP contribution in [0.25, 0.3) is 0 Å². The van der Waals surface area contributed by atoms with Crippen LogP contribution in [0, 0.1) is 0 Å². The van der Waals surface area contributed by atoms with E-state index in [1.54, 1.807) is 0 Å². The highest BCUT2D eigenvalue weighted by Gasteiger charge is 2.25. The Labute approximate surface area is 131 Å². The minimum absolute atomic E-state index is 0.148. The number of hydrogen-bond donors (Lipinski definition) is 1. The van der Waals surface area contributed by atoms with Gasteiger partial charge in [-0.2, -0.15) is 0 Å². The summed E-state index contributed by atoms with van der Waals surface area (Å²) in [4.78, 5) is 14.4. The second kappa shape index (κ2) is 6.75. The van der Waals surface area contributed by atoms with Crippen molar-refractivity contribution >= 4 is 5.91 Å². The number of ether oxygens (including phenoxy) is 1. The summed E-state index contributed by atoms with van der Waals surface area (Å²) in [5.74, 6) is 2.57. The van der Waals surface area contributed by atoms with E-state index in [0.29, 0.717) is 18.9 Å². The predicted molar refractivity (Wildman–Crippen MR) is 81.6 cm³/mol. The first-order chi connectivity index (χ1) is 10.6. The number of carbonyl (C=O) groups is 1. The van der Waals surface area contributed by atoms with E-state index in [1.807, 2.05) is 4.90 Å². The van der Waals surface area contributed by atoms with Crippen molar-refractivity contribution in [2.24, 2.45) is 0 Å². The molecular weight excluding hydrogens is 282 g/mol. The average Bonchev–Trinajstić information content (AvgIpc) is 2.80. The minimum atomic E-state index is 0.148. The molecule has 1 fully saturated rings. The first-order valence-corrected chi connectivity index (χ1v) is 8.16. The fraction of sp³-hybridized carbons (Fsp3) is 0.800. The first kappa shape index (κ1) is 15.4. The van der Waals surface area contributed by atoms with Gasteiger partial charge < -0.3 is 19.5 Å². The summed E-state index contributed by atoms with van der Waals surface area (Å²) < 4.78 is 7.60. The molecule has 122 valence electrons. The van der Waals surface area contributed by atoms with Gasteiger partial charge in [0.05, 0.1) is 13.2 Å². The fourth-order valence-electron chi connectivity index (χ4n) is 3.11. The molecule has 1 atom stereocenters. The molecule has 0 spiro atoms. The van der Waals surface area contributed by atoms with E-state index in [-0.39, 0.29) is 11.9 Å². The number of nitrogens with zero attached hydrogens (tertiary/aromatic N) is 4. The van der Waals surface area contributed by atoms with E-state index in [0.717, 1.165) is 50.9 Å². The SMILES string of the molecule is CC(C)c1nnc2n1CCN(C(=O)C[C@@H]1COCCN1)CC2. The largest absolute Gasteiger partial charge is 0.378 e. The van der Waals surface area contributed by atoms with E-state index >= 15 is 0 Å². The van der Waals surface area contributed by atoms with E-state index in [2.05, 4.69) is 33.9 Å². The normalized spacial score (nSPS) is 22.5. The molecule has 1 amide bonds. The lowest BCUT2D eigenvalue weighted by molar-refractivity contribution is -0.132. The third-order valence-corrected chi connectivity index (χ3v) is 4.34. The van der Waals surface area contributed by atoms with Crippen LogP contribution in [0.3, 0.4) is 0 Å². The van der Waals surface area contributed by atoms with Crippen LogP contribution in [-0.2, 0) is 22.5 Å². The zero-order valence-corrected chi connectivity index (χ0v) is 13.4. The predicted octanol–water partition coefficient (Wildman–Crippen LogP) is 0.165. The molecule has 7 heteroatoms. The zero-order valence-electron chi connectivity index (χ0n) is 13.4. The van der Waals surface area contributed by atoms with Crippen molar-refractivity contribution in [2.45, 2.75) is 45.2 Å². The number of amides is 1. The van der Waals surface area contributed by atoms with Gasteiger partial charge in [-0.15, -0.1) is 10.2 Å². The van der Waals surface area contributed by atoms with Gasteiger partial charge in [-0.1, -0.05) is 13.8 Å². The van der Waals surface area contributed by atoms with E-state index in [4.69, 9.17) is 4.74 Å². The average molecular weight is 307 g/mol. The Morgan fingerprint density at radius 3 is 2.95 bits per heavy atom. The Kier molecular flexibility index (Phi) is 4.73. The molecule has 0 unspecified atom stereocenters. The second-order valence-corrected chi connectivity index (χ2v) is 6.34. The maximum atomic E-state index is 12.5. The van der Waals surface area contributed by atoms with Crippen molar-refractivity contribution in [3.63, 3.8) is 0 Å². The summed E-state index contributed by atoms with van der Waals surface area (Å²) >= 11 is 0. The van der Waals surface area contributed by atoms with Crippen molar-refractivity contribution in [3.05, 3.63) is 11.6 Å². The van der Waals surface area contributed by atoms with E-state index in [9.17, 15) is 4.79 Å². The number of rotatable bonds is 3. The van der Waals surface area contributed by atoms with Gasteiger partial charge in [0, 0.05) is 51.0 Å². The first-order valence-electron chi connectivity index (χ1n) is 8.16. The summed E-state index contributed by atoms with van der Waals surface area (Å²) in [5.41, 5.74) is 0. The molecule has 1 aromatic heterocycles. The van der Waals surface area contributed by atoms with Gasteiger partial charge in [-0.3, -0.25) is 4.79 Å². The molecule has 22 heavy (non-hydrogen) atoms. The molecule has 2 aliphatic rings. The molecular formula is C15H25N5O2. The number of aromatic nitrogens is 3. The molecule has 0 aliphatic carbocycles. The summed E-state index contributed by atoms with van der Waals surface area (Å²) in [6.45, 7) is 8.69. The Bertz CT molecular complexity index is 522.